The Hall–Kier alpha value is -10.7. The lowest BCUT2D eigenvalue weighted by molar-refractivity contribution is -0.138. The first-order valence-corrected chi connectivity index (χ1v) is 39.6. The van der Waals surface area contributed by atoms with Crippen molar-refractivity contribution in [2.24, 2.45) is 0 Å². The lowest BCUT2D eigenvalue weighted by Gasteiger charge is -2.19. The standard InChI is InChI=1S/C21H17Cl2NO4.C18H9ClF3NO3.C17H15Cl2NO2.C16H12ClNO3S.C14H9Cl2NO2/c22-16-8-7-15-20(19(16)23)24(10-18(26)27)17-9-12(3-6-14(17)21(15)28)11-1-4-13(25)5-2-11;19-13-6-5-12-16(10(13)7-8-18(20,21)22)23(9-15(24)25)14-4-2-1-3-11(14)17(12)26;1-9(2)10-3-4-11-12-5-6-13(18)16(19)17(12)20(8-15(21)22)14(11)7-10;1-22-16-11(17)7-6-10-14(16)18(8-13(19)20)12-5-3-2-4-9(12)15(10)21;15-10-6-5-9-8-3-1-2-4-11(8)17(7-12(18)19)14(9)13(10)16/h1,3,6-9,13,25H,2,4-5,10H2,(H,26,27);1-6H,9H2,(H,24,25);3-7,9H,8H2,1-2H3,(H,21,22);2-7H,8H2,1H3,(H,19,20);1-6H,7H2,(H,18,19). The van der Waals surface area contributed by atoms with Crippen molar-refractivity contribution in [2.75, 3.05) is 6.26 Å². The van der Waals surface area contributed by atoms with Crippen LogP contribution < -0.4 is 16.3 Å². The third-order valence-corrected chi connectivity index (χ3v) is 23.4. The molecule has 117 heavy (non-hydrogen) atoms. The molecular formula is C86H62Cl8F3N5O14S. The van der Waals surface area contributed by atoms with Crippen molar-refractivity contribution >= 4 is 249 Å². The highest BCUT2D eigenvalue weighted by molar-refractivity contribution is 7.99. The highest BCUT2D eigenvalue weighted by atomic mass is 35.5. The van der Waals surface area contributed by atoms with Crippen LogP contribution in [0.2, 0.25) is 40.2 Å². The molecule has 16 rings (SSSR count). The van der Waals surface area contributed by atoms with Crippen LogP contribution in [0.1, 0.15) is 55.7 Å². The number of aliphatic carboxylic acids is 5. The van der Waals surface area contributed by atoms with Crippen molar-refractivity contribution in [1.82, 2.24) is 22.8 Å². The van der Waals surface area contributed by atoms with Gasteiger partial charge in [-0.05, 0) is 145 Å². The van der Waals surface area contributed by atoms with E-state index in [1.807, 2.05) is 78.9 Å². The molecule has 0 bridgehead atoms. The number of pyridine rings is 3. The summed E-state index contributed by atoms with van der Waals surface area (Å²) in [7, 11) is 0. The van der Waals surface area contributed by atoms with E-state index in [-0.39, 0.29) is 85.6 Å². The Morgan fingerprint density at radius 3 is 1.23 bits per heavy atom. The van der Waals surface area contributed by atoms with Crippen LogP contribution >= 0.6 is 105 Å². The number of aliphatic hydroxyl groups excluding tert-OH is 1. The monoisotopic (exact) mass is 1760 g/mol. The number of hydrogen-bond acceptors (Lipinski definition) is 10. The molecule has 1 aliphatic rings. The summed E-state index contributed by atoms with van der Waals surface area (Å²) < 4.78 is 45.4. The molecule has 0 radical (unpaired) electrons. The molecule has 5 heterocycles. The number of carbonyl (C=O) groups is 5. The SMILES string of the molecule is CC(C)c1ccc2c3ccc(Cl)c(Cl)c3n(CC(=O)O)c2c1.CSc1c(Cl)ccc2c(=O)c3ccccc3n(CC(=O)O)c12.O=C(O)Cn1c2cc(C3=CCC(O)CC3)ccc2c(=O)c2ccc(Cl)c(Cl)c21.O=C(O)Cn1c2ccccc2c(=O)c2ccc(Cl)c(C#CC(F)(F)F)c21.O=C(O)Cn1c2ccccc2c2ccc(Cl)c(Cl)c21. The maximum Gasteiger partial charge on any atom is 0.458 e. The molecule has 5 aromatic heterocycles. The van der Waals surface area contributed by atoms with Gasteiger partial charge in [-0.25, -0.2) is 0 Å². The topological polar surface area (TPSA) is 283 Å². The smallest absolute Gasteiger partial charge is 0.458 e. The summed E-state index contributed by atoms with van der Waals surface area (Å²) in [5.74, 6) is -1.65. The fourth-order valence-electron chi connectivity index (χ4n) is 14.4. The van der Waals surface area contributed by atoms with Gasteiger partial charge in [0.05, 0.1) is 101 Å². The summed E-state index contributed by atoms with van der Waals surface area (Å²) in [6.45, 7) is 2.76. The predicted molar refractivity (Wildman–Crippen MR) is 461 cm³/mol. The lowest BCUT2D eigenvalue weighted by atomic mass is 9.91. The number of carboxylic acid groups (broad SMARTS) is 5. The second kappa shape index (κ2) is 35.6. The fourth-order valence-corrected chi connectivity index (χ4v) is 16.9. The second-order valence-electron chi connectivity index (χ2n) is 27.1. The van der Waals surface area contributed by atoms with Gasteiger partial charge in [0.2, 0.25) is 0 Å². The number of para-hydroxylation sites is 3. The lowest BCUT2D eigenvalue weighted by Crippen LogP contribution is -2.17. The molecule has 10 aromatic carbocycles. The van der Waals surface area contributed by atoms with E-state index in [0.29, 0.717) is 103 Å². The van der Waals surface area contributed by atoms with Gasteiger partial charge in [-0.15, -0.1) is 11.8 Å². The van der Waals surface area contributed by atoms with Crippen molar-refractivity contribution in [3.63, 3.8) is 0 Å². The van der Waals surface area contributed by atoms with Gasteiger partial charge < -0.3 is 53.5 Å². The van der Waals surface area contributed by atoms with E-state index in [1.54, 1.807) is 86.5 Å². The number of rotatable bonds is 13. The number of allylic oxidation sites excluding steroid dienone is 1. The normalized spacial score (nSPS) is 12.8. The Morgan fingerprint density at radius 2 is 0.786 bits per heavy atom. The molecule has 1 unspecified atom stereocenters. The zero-order valence-corrected chi connectivity index (χ0v) is 68.2. The van der Waals surface area contributed by atoms with E-state index in [4.69, 9.17) is 97.9 Å². The minimum Gasteiger partial charge on any atom is -0.480 e. The Bertz CT molecular complexity index is 6970. The molecule has 0 aliphatic heterocycles. The number of alkyl halides is 3. The van der Waals surface area contributed by atoms with Crippen LogP contribution in [0, 0.1) is 11.8 Å². The first-order valence-electron chi connectivity index (χ1n) is 35.4. The van der Waals surface area contributed by atoms with Crippen LogP contribution in [0.5, 0.6) is 0 Å². The summed E-state index contributed by atoms with van der Waals surface area (Å²) in [4.78, 5) is 95.6. The molecule has 0 fully saturated rings. The number of fused-ring (bicyclic) bond motifs is 12. The van der Waals surface area contributed by atoms with Crippen LogP contribution in [0.4, 0.5) is 13.2 Å². The molecule has 6 N–H and O–H groups in total. The zero-order valence-electron chi connectivity index (χ0n) is 61.3. The van der Waals surface area contributed by atoms with E-state index in [0.717, 1.165) is 61.6 Å². The third-order valence-electron chi connectivity index (χ3n) is 19.4. The van der Waals surface area contributed by atoms with Crippen molar-refractivity contribution in [3.05, 3.63) is 263 Å². The molecule has 598 valence electrons. The van der Waals surface area contributed by atoms with Gasteiger partial charge >= 0.3 is 36.0 Å². The van der Waals surface area contributed by atoms with Crippen molar-refractivity contribution in [3.8, 4) is 11.8 Å². The molecule has 0 saturated carbocycles. The molecule has 31 heteroatoms. The van der Waals surface area contributed by atoms with Gasteiger partial charge in [0.1, 0.15) is 32.7 Å². The number of hydrogen-bond donors (Lipinski definition) is 6. The van der Waals surface area contributed by atoms with Gasteiger partial charge in [0, 0.05) is 70.8 Å². The Labute approximate surface area is 704 Å². The molecule has 1 aliphatic carbocycles. The number of nitrogens with zero attached hydrogens (tertiary/aromatic N) is 5. The Balaban J connectivity index is 0.000000135. The van der Waals surface area contributed by atoms with Gasteiger partial charge in [0.25, 0.3) is 0 Å². The number of benzene rings is 10. The molecular weight excluding hydrogens is 1700 g/mol. The minimum atomic E-state index is -4.76. The molecule has 0 amide bonds. The summed E-state index contributed by atoms with van der Waals surface area (Å²) in [5, 5.41) is 64.2. The predicted octanol–water partition coefficient (Wildman–Crippen LogP) is 21.4. The van der Waals surface area contributed by atoms with Crippen LogP contribution in [0.25, 0.3) is 115 Å². The van der Waals surface area contributed by atoms with Gasteiger partial charge in [-0.1, -0.05) is 191 Å². The average Bonchev–Trinajstić information content (AvgIpc) is 1.48. The maximum atomic E-state index is 13.0. The molecule has 15 aromatic rings. The Kier molecular flexibility index (Phi) is 26.1. The van der Waals surface area contributed by atoms with Crippen LogP contribution in [-0.2, 0) is 56.7 Å². The quantitative estimate of drug-likeness (QED) is 0.0355. The summed E-state index contributed by atoms with van der Waals surface area (Å²) in [5.41, 5.74) is 7.36. The maximum absolute atomic E-state index is 13.0. The van der Waals surface area contributed by atoms with Gasteiger partial charge in [-0.3, -0.25) is 38.4 Å². The number of halogens is 11. The van der Waals surface area contributed by atoms with Crippen LogP contribution in [-0.4, -0.2) is 102 Å². The number of thioether (sulfide) groups is 1. The zero-order chi connectivity index (χ0) is 84.5. The van der Waals surface area contributed by atoms with Gasteiger partial charge in [-0.2, -0.15) is 13.2 Å². The number of aliphatic hydroxyl groups is 1. The second-order valence-corrected chi connectivity index (χ2v) is 31.1. The third kappa shape index (κ3) is 17.8. The summed E-state index contributed by atoms with van der Waals surface area (Å²) in [6, 6.07) is 48.7. The highest BCUT2D eigenvalue weighted by Crippen LogP contribution is 2.42. The van der Waals surface area contributed by atoms with Crippen molar-refractivity contribution in [1.29, 1.82) is 0 Å². The molecule has 0 saturated heterocycles. The molecule has 1 atom stereocenters. The Morgan fingerprint density at radius 1 is 0.436 bits per heavy atom. The fraction of sp³-hybridized carbons (Fsp3) is 0.163. The van der Waals surface area contributed by atoms with Crippen LogP contribution in [0.3, 0.4) is 0 Å². The van der Waals surface area contributed by atoms with E-state index < -0.39 is 48.0 Å². The van der Waals surface area contributed by atoms with Crippen molar-refractivity contribution < 1.29 is 67.8 Å². The first kappa shape index (κ1) is 85.6. The largest absolute Gasteiger partial charge is 0.480 e. The first-order chi connectivity index (χ1) is 55.6. The van der Waals surface area contributed by atoms with E-state index in [2.05, 4.69) is 19.9 Å². The summed E-state index contributed by atoms with van der Waals surface area (Å²) in [6.07, 6.45) is 0.709. The van der Waals surface area contributed by atoms with Gasteiger partial charge in [0.15, 0.2) is 16.3 Å². The van der Waals surface area contributed by atoms with E-state index >= 15 is 0 Å². The summed E-state index contributed by atoms with van der Waals surface area (Å²) >= 11 is 50.9. The average molecular weight is 1760 g/mol. The highest BCUT2D eigenvalue weighted by Gasteiger charge is 2.27. The molecule has 0 spiro atoms. The van der Waals surface area contributed by atoms with E-state index in [9.17, 15) is 77.1 Å². The number of carboxylic acids is 5. The minimum absolute atomic E-state index is 0.0413. The van der Waals surface area contributed by atoms with E-state index in [1.165, 1.54) is 51.2 Å². The molecule has 19 nitrogen and oxygen atoms in total. The van der Waals surface area contributed by atoms with Crippen molar-refractivity contribution in [2.45, 2.75) is 88.9 Å². The number of aromatic nitrogens is 5. The van der Waals surface area contributed by atoms with Crippen LogP contribution in [0.15, 0.2) is 195 Å².